The Hall–Kier alpha value is -1.48. The number of furan rings is 1. The first-order valence-electron chi connectivity index (χ1n) is 6.75. The zero-order chi connectivity index (χ0) is 14.0. The van der Waals surface area contributed by atoms with Crippen LogP contribution in [-0.2, 0) is 5.41 Å². The first kappa shape index (κ1) is 13.9. The van der Waals surface area contributed by atoms with Crippen molar-refractivity contribution < 1.29 is 9.15 Å². The summed E-state index contributed by atoms with van der Waals surface area (Å²) < 4.78 is 11.7. The molecule has 1 heterocycles. The summed E-state index contributed by atoms with van der Waals surface area (Å²) in [5.41, 5.74) is 0.943. The zero-order valence-electron chi connectivity index (χ0n) is 12.4. The van der Waals surface area contributed by atoms with E-state index < -0.39 is 0 Å². The maximum atomic E-state index is 5.87. The van der Waals surface area contributed by atoms with Gasteiger partial charge in [-0.25, -0.2) is 0 Å². The van der Waals surface area contributed by atoms with Crippen LogP contribution in [0.2, 0.25) is 0 Å². The van der Waals surface area contributed by atoms with E-state index in [4.69, 9.17) is 9.15 Å². The number of rotatable bonds is 4. The Labute approximate surface area is 114 Å². The highest BCUT2D eigenvalue weighted by Crippen LogP contribution is 2.31. The van der Waals surface area contributed by atoms with Gasteiger partial charge in [-0.1, -0.05) is 20.8 Å². The van der Waals surface area contributed by atoms with Gasteiger partial charge in [0.25, 0.3) is 0 Å². The Kier molecular flexibility index (Phi) is 3.85. The van der Waals surface area contributed by atoms with E-state index in [2.05, 4.69) is 39.1 Å². The molecule has 3 nitrogen and oxygen atoms in total. The van der Waals surface area contributed by atoms with E-state index in [0.717, 1.165) is 29.0 Å². The van der Waals surface area contributed by atoms with Gasteiger partial charge < -0.3 is 14.5 Å². The van der Waals surface area contributed by atoms with E-state index in [9.17, 15) is 0 Å². The molecule has 0 spiro atoms. The maximum Gasteiger partial charge on any atom is 0.134 e. The molecule has 1 atom stereocenters. The molecule has 2 rings (SSSR count). The molecule has 0 aliphatic carbocycles. The van der Waals surface area contributed by atoms with Gasteiger partial charge in [-0.15, -0.1) is 0 Å². The first-order valence-corrected chi connectivity index (χ1v) is 6.75. The fourth-order valence-corrected chi connectivity index (χ4v) is 2.03. The normalized spacial score (nSPS) is 13.7. The maximum absolute atomic E-state index is 5.87. The average molecular weight is 261 g/mol. The molecule has 0 aliphatic heterocycles. The Balaban J connectivity index is 2.25. The summed E-state index contributed by atoms with van der Waals surface area (Å²) in [4.78, 5) is 0. The predicted molar refractivity (Wildman–Crippen MR) is 78.9 cm³/mol. The third-order valence-corrected chi connectivity index (χ3v) is 3.06. The lowest BCUT2D eigenvalue weighted by atomic mass is 9.93. The number of hydrogen-bond donors (Lipinski definition) is 1. The summed E-state index contributed by atoms with van der Waals surface area (Å²) in [5.74, 6) is 1.89. The molecule has 1 aromatic carbocycles. The Bertz CT molecular complexity index is 551. The van der Waals surface area contributed by atoms with Crippen molar-refractivity contribution in [2.45, 2.75) is 39.2 Å². The molecule has 0 fully saturated rings. The molecule has 104 valence electrons. The number of nitrogens with one attached hydrogen (secondary N) is 1. The minimum atomic E-state index is 0.0272. The summed E-state index contributed by atoms with van der Waals surface area (Å²) in [6.45, 7) is 9.33. The molecule has 0 saturated heterocycles. The summed E-state index contributed by atoms with van der Waals surface area (Å²) in [6.07, 6.45) is 0.149. The van der Waals surface area contributed by atoms with Gasteiger partial charge in [0.15, 0.2) is 0 Å². The Morgan fingerprint density at radius 3 is 2.63 bits per heavy atom. The second kappa shape index (κ2) is 5.25. The molecular formula is C16H23NO2. The van der Waals surface area contributed by atoms with Gasteiger partial charge in [0, 0.05) is 17.3 Å². The highest BCUT2D eigenvalue weighted by Gasteiger charge is 2.19. The van der Waals surface area contributed by atoms with E-state index in [1.165, 1.54) is 0 Å². The molecular weight excluding hydrogens is 238 g/mol. The molecule has 0 radical (unpaired) electrons. The van der Waals surface area contributed by atoms with E-state index in [-0.39, 0.29) is 11.5 Å². The molecule has 1 aromatic heterocycles. The van der Waals surface area contributed by atoms with Crippen LogP contribution in [0.4, 0.5) is 0 Å². The molecule has 3 heteroatoms. The van der Waals surface area contributed by atoms with Gasteiger partial charge in [0.05, 0.1) is 0 Å². The summed E-state index contributed by atoms with van der Waals surface area (Å²) in [7, 11) is 1.93. The monoisotopic (exact) mass is 261 g/mol. The molecule has 0 unspecified atom stereocenters. The van der Waals surface area contributed by atoms with Crippen LogP contribution in [0.3, 0.4) is 0 Å². The van der Waals surface area contributed by atoms with Crippen LogP contribution in [0.15, 0.2) is 28.7 Å². The topological polar surface area (TPSA) is 34.4 Å². The van der Waals surface area contributed by atoms with Gasteiger partial charge in [0.2, 0.25) is 0 Å². The smallest absolute Gasteiger partial charge is 0.134 e. The lowest BCUT2D eigenvalue weighted by Crippen LogP contribution is -2.25. The number of ether oxygens (including phenoxy) is 1. The first-order chi connectivity index (χ1) is 8.90. The molecule has 1 N–H and O–H groups in total. The minimum absolute atomic E-state index is 0.0272. The molecule has 19 heavy (non-hydrogen) atoms. The molecule has 0 aliphatic rings. The summed E-state index contributed by atoms with van der Waals surface area (Å²) in [6, 6.07) is 8.08. The number of hydrogen-bond acceptors (Lipinski definition) is 3. The van der Waals surface area contributed by atoms with Crippen LogP contribution in [0.25, 0.3) is 11.0 Å². The molecule has 2 aromatic rings. The van der Waals surface area contributed by atoms with Gasteiger partial charge in [-0.2, -0.15) is 0 Å². The number of fused-ring (bicyclic) bond motifs is 1. The van der Waals surface area contributed by atoms with Crippen molar-refractivity contribution in [1.82, 2.24) is 5.32 Å². The Morgan fingerprint density at radius 1 is 1.26 bits per heavy atom. The minimum Gasteiger partial charge on any atom is -0.489 e. The lowest BCUT2D eigenvalue weighted by Gasteiger charge is -2.13. The van der Waals surface area contributed by atoms with Crippen molar-refractivity contribution in [3.63, 3.8) is 0 Å². The van der Waals surface area contributed by atoms with Crippen molar-refractivity contribution in [2.24, 2.45) is 0 Å². The summed E-state index contributed by atoms with van der Waals surface area (Å²) in [5, 5.41) is 4.20. The van der Waals surface area contributed by atoms with Crippen molar-refractivity contribution in [2.75, 3.05) is 13.6 Å². The zero-order valence-corrected chi connectivity index (χ0v) is 12.4. The molecule has 0 bridgehead atoms. The van der Waals surface area contributed by atoms with Crippen molar-refractivity contribution in [3.8, 4) is 5.75 Å². The van der Waals surface area contributed by atoms with E-state index in [1.54, 1.807) is 0 Å². The molecule has 0 saturated carbocycles. The van der Waals surface area contributed by atoms with Crippen LogP contribution in [-0.4, -0.2) is 19.7 Å². The fourth-order valence-electron chi connectivity index (χ4n) is 2.03. The fraction of sp³-hybridized carbons (Fsp3) is 0.500. The largest absolute Gasteiger partial charge is 0.489 e. The van der Waals surface area contributed by atoms with Crippen molar-refractivity contribution in [1.29, 1.82) is 0 Å². The predicted octanol–water partition coefficient (Wildman–Crippen LogP) is 3.72. The SMILES string of the molecule is CNC[C@@H](C)Oc1ccc2oc(C(C)(C)C)cc2c1. The van der Waals surface area contributed by atoms with Gasteiger partial charge in [-0.3, -0.25) is 0 Å². The van der Waals surface area contributed by atoms with Crippen molar-refractivity contribution in [3.05, 3.63) is 30.0 Å². The number of benzene rings is 1. The van der Waals surface area contributed by atoms with Gasteiger partial charge >= 0.3 is 0 Å². The standard InChI is InChI=1S/C16H23NO2/c1-11(10-17-5)18-13-6-7-14-12(8-13)9-15(19-14)16(2,3)4/h6-9,11,17H,10H2,1-5H3/t11-/m1/s1. The van der Waals surface area contributed by atoms with Gasteiger partial charge in [0.1, 0.15) is 23.2 Å². The van der Waals surface area contributed by atoms with Crippen LogP contribution < -0.4 is 10.1 Å². The van der Waals surface area contributed by atoms with E-state index in [1.807, 2.05) is 25.2 Å². The molecule has 0 amide bonds. The second-order valence-corrected chi connectivity index (χ2v) is 6.05. The second-order valence-electron chi connectivity index (χ2n) is 6.05. The third-order valence-electron chi connectivity index (χ3n) is 3.06. The van der Waals surface area contributed by atoms with Crippen LogP contribution in [0.1, 0.15) is 33.5 Å². The average Bonchev–Trinajstić information content (AvgIpc) is 2.71. The van der Waals surface area contributed by atoms with E-state index >= 15 is 0 Å². The van der Waals surface area contributed by atoms with E-state index in [0.29, 0.717) is 0 Å². The highest BCUT2D eigenvalue weighted by molar-refractivity contribution is 5.79. The van der Waals surface area contributed by atoms with Crippen LogP contribution >= 0.6 is 0 Å². The number of likely N-dealkylation sites (N-methyl/N-ethyl adjacent to an activating group) is 1. The quantitative estimate of drug-likeness (QED) is 0.911. The lowest BCUT2D eigenvalue weighted by molar-refractivity contribution is 0.221. The van der Waals surface area contributed by atoms with Gasteiger partial charge in [-0.05, 0) is 38.2 Å². The Morgan fingerprint density at radius 2 is 2.00 bits per heavy atom. The third kappa shape index (κ3) is 3.29. The van der Waals surface area contributed by atoms with Crippen molar-refractivity contribution >= 4 is 11.0 Å². The summed E-state index contributed by atoms with van der Waals surface area (Å²) >= 11 is 0. The highest BCUT2D eigenvalue weighted by atomic mass is 16.5. The van der Waals surface area contributed by atoms with Crippen LogP contribution in [0.5, 0.6) is 5.75 Å². The van der Waals surface area contributed by atoms with Crippen LogP contribution in [0, 0.1) is 0 Å².